The van der Waals surface area contributed by atoms with Crippen molar-refractivity contribution in [2.75, 3.05) is 50.1 Å². The lowest BCUT2D eigenvalue weighted by Gasteiger charge is -2.35. The van der Waals surface area contributed by atoms with Crippen molar-refractivity contribution in [3.05, 3.63) is 45.9 Å². The number of nitrogens with zero attached hydrogens (tertiary/aromatic N) is 2. The van der Waals surface area contributed by atoms with Gasteiger partial charge in [0.1, 0.15) is 10.7 Å². The van der Waals surface area contributed by atoms with Crippen LogP contribution in [0.3, 0.4) is 0 Å². The zero-order chi connectivity index (χ0) is 21.0. The highest BCUT2D eigenvalue weighted by Gasteiger charge is 2.22. The second-order valence-electron chi connectivity index (χ2n) is 6.69. The molecule has 1 saturated heterocycles. The van der Waals surface area contributed by atoms with Crippen LogP contribution in [0.2, 0.25) is 0 Å². The third-order valence-electron chi connectivity index (χ3n) is 4.74. The first-order chi connectivity index (χ1) is 13.9. The van der Waals surface area contributed by atoms with E-state index < -0.39 is 11.8 Å². The number of halogens is 1. The molecule has 1 amide bonds. The van der Waals surface area contributed by atoms with Crippen molar-refractivity contribution in [3.8, 4) is 0 Å². The average molecular weight is 419 g/mol. The summed E-state index contributed by atoms with van der Waals surface area (Å²) in [4.78, 5) is 39.6. The van der Waals surface area contributed by atoms with Gasteiger partial charge >= 0.3 is 5.97 Å². The molecular weight excluding hydrogens is 397 g/mol. The van der Waals surface area contributed by atoms with Gasteiger partial charge in [-0.25, -0.2) is 9.18 Å². The van der Waals surface area contributed by atoms with E-state index >= 15 is 0 Å². The molecular formula is C20H22FN3O4S. The molecule has 7 nitrogen and oxygen atoms in total. The van der Waals surface area contributed by atoms with Gasteiger partial charge in [-0.2, -0.15) is 0 Å². The summed E-state index contributed by atoms with van der Waals surface area (Å²) in [6.45, 7) is 3.90. The lowest BCUT2D eigenvalue weighted by Crippen LogP contribution is -2.49. The molecule has 1 fully saturated rings. The molecule has 0 saturated carbocycles. The first kappa shape index (κ1) is 20.9. The Morgan fingerprint density at radius 3 is 2.52 bits per heavy atom. The highest BCUT2D eigenvalue weighted by atomic mass is 32.1. The summed E-state index contributed by atoms with van der Waals surface area (Å²) in [6, 6.07) is 6.18. The summed E-state index contributed by atoms with van der Waals surface area (Å²) in [7, 11) is 1.30. The van der Waals surface area contributed by atoms with E-state index in [9.17, 15) is 18.8 Å². The molecule has 1 aromatic heterocycles. The van der Waals surface area contributed by atoms with E-state index in [2.05, 4.69) is 5.32 Å². The van der Waals surface area contributed by atoms with Crippen LogP contribution in [0.1, 0.15) is 27.0 Å². The summed E-state index contributed by atoms with van der Waals surface area (Å²) in [5.74, 6) is -1.30. The molecule has 1 N–H and O–H groups in total. The van der Waals surface area contributed by atoms with Crippen molar-refractivity contribution < 1.29 is 23.5 Å². The van der Waals surface area contributed by atoms with Crippen LogP contribution >= 0.6 is 11.3 Å². The van der Waals surface area contributed by atoms with Gasteiger partial charge in [0.15, 0.2) is 5.78 Å². The standard InChI is InChI=1S/C20H22FN3O4S/c1-13(25)14-3-4-17(15(21)11-14)24-8-6-23(7-9-24)12-18(26)22-16-5-10-29-19(16)20(27)28-2/h3-5,10-11H,6-9,12H2,1-2H3,(H,22,26). The second-order valence-corrected chi connectivity index (χ2v) is 7.60. The normalized spacial score (nSPS) is 14.5. The maximum absolute atomic E-state index is 14.3. The molecule has 0 unspecified atom stereocenters. The number of hydrogen-bond acceptors (Lipinski definition) is 7. The van der Waals surface area contributed by atoms with Gasteiger partial charge in [-0.1, -0.05) is 0 Å². The van der Waals surface area contributed by atoms with E-state index in [4.69, 9.17) is 4.74 Å². The molecule has 0 spiro atoms. The Morgan fingerprint density at radius 2 is 1.90 bits per heavy atom. The smallest absolute Gasteiger partial charge is 0.350 e. The second kappa shape index (κ2) is 9.15. The molecule has 0 bridgehead atoms. The fraction of sp³-hybridized carbons (Fsp3) is 0.350. The van der Waals surface area contributed by atoms with Crippen LogP contribution in [-0.4, -0.2) is 62.4 Å². The van der Waals surface area contributed by atoms with Crippen LogP contribution in [-0.2, 0) is 9.53 Å². The van der Waals surface area contributed by atoms with Crippen LogP contribution in [0.25, 0.3) is 0 Å². The molecule has 1 aromatic carbocycles. The maximum atomic E-state index is 14.3. The van der Waals surface area contributed by atoms with E-state index in [0.717, 1.165) is 0 Å². The number of rotatable bonds is 6. The molecule has 2 heterocycles. The van der Waals surface area contributed by atoms with Gasteiger partial charge in [-0.05, 0) is 36.6 Å². The van der Waals surface area contributed by atoms with E-state index in [1.807, 2.05) is 9.80 Å². The Labute approximate surface area is 172 Å². The van der Waals surface area contributed by atoms with E-state index in [1.165, 1.54) is 31.4 Å². The number of ketones is 1. The van der Waals surface area contributed by atoms with Gasteiger partial charge in [0, 0.05) is 31.7 Å². The van der Waals surface area contributed by atoms with Crippen molar-refractivity contribution in [3.63, 3.8) is 0 Å². The van der Waals surface area contributed by atoms with Gasteiger partial charge < -0.3 is 15.0 Å². The molecule has 1 aliphatic rings. The number of Topliss-reactive ketones (excluding diaryl/α,β-unsaturated/α-hetero) is 1. The number of nitrogens with one attached hydrogen (secondary N) is 1. The fourth-order valence-electron chi connectivity index (χ4n) is 3.18. The SMILES string of the molecule is COC(=O)c1sccc1NC(=O)CN1CCN(c2ccc(C(C)=O)cc2F)CC1. The molecule has 9 heteroatoms. The van der Waals surface area contributed by atoms with E-state index in [-0.39, 0.29) is 18.2 Å². The van der Waals surface area contributed by atoms with Crippen molar-refractivity contribution >= 4 is 40.4 Å². The number of thiophene rings is 1. The Morgan fingerprint density at radius 1 is 1.17 bits per heavy atom. The summed E-state index contributed by atoms with van der Waals surface area (Å²) in [6.07, 6.45) is 0. The Hall–Kier alpha value is -2.78. The number of hydrogen-bond donors (Lipinski definition) is 1. The minimum absolute atomic E-state index is 0.174. The van der Waals surface area contributed by atoms with Gasteiger partial charge in [0.05, 0.1) is 25.0 Å². The Bertz CT molecular complexity index is 922. The topological polar surface area (TPSA) is 79.0 Å². The number of anilines is 2. The summed E-state index contributed by atoms with van der Waals surface area (Å²) in [5, 5.41) is 4.46. The highest BCUT2D eigenvalue weighted by molar-refractivity contribution is 7.12. The van der Waals surface area contributed by atoms with Crippen molar-refractivity contribution in [2.45, 2.75) is 6.92 Å². The number of ether oxygens (including phenoxy) is 1. The minimum atomic E-state index is -0.485. The Balaban J connectivity index is 1.54. The zero-order valence-corrected chi connectivity index (χ0v) is 17.1. The number of esters is 1. The monoisotopic (exact) mass is 419 g/mol. The van der Waals surface area contributed by atoms with Gasteiger partial charge in [-0.15, -0.1) is 11.3 Å². The quantitative estimate of drug-likeness (QED) is 0.573. The lowest BCUT2D eigenvalue weighted by atomic mass is 10.1. The first-order valence-corrected chi connectivity index (χ1v) is 10.0. The molecule has 1 aliphatic heterocycles. The number of carbonyl (C=O) groups excluding carboxylic acids is 3. The van der Waals surface area contributed by atoms with Crippen LogP contribution < -0.4 is 10.2 Å². The summed E-state index contributed by atoms with van der Waals surface area (Å²) in [5.41, 5.74) is 1.25. The van der Waals surface area contributed by atoms with Crippen LogP contribution in [0.15, 0.2) is 29.6 Å². The fourth-order valence-corrected chi connectivity index (χ4v) is 3.95. The van der Waals surface area contributed by atoms with Crippen LogP contribution in [0.4, 0.5) is 15.8 Å². The molecule has 3 rings (SSSR count). The van der Waals surface area contributed by atoms with E-state index in [1.54, 1.807) is 23.6 Å². The third-order valence-corrected chi connectivity index (χ3v) is 5.64. The largest absolute Gasteiger partial charge is 0.465 e. The number of carbonyl (C=O) groups is 3. The predicted molar refractivity (Wildman–Crippen MR) is 109 cm³/mol. The number of piperazine rings is 1. The number of benzene rings is 1. The minimum Gasteiger partial charge on any atom is -0.465 e. The summed E-state index contributed by atoms with van der Waals surface area (Å²) < 4.78 is 19.0. The van der Waals surface area contributed by atoms with E-state index in [0.29, 0.717) is 48.0 Å². The molecule has 29 heavy (non-hydrogen) atoms. The first-order valence-electron chi connectivity index (χ1n) is 9.12. The van der Waals surface area contributed by atoms with Gasteiger partial charge in [0.2, 0.25) is 5.91 Å². The summed E-state index contributed by atoms with van der Waals surface area (Å²) >= 11 is 1.21. The van der Waals surface area contributed by atoms with Crippen LogP contribution in [0.5, 0.6) is 0 Å². The van der Waals surface area contributed by atoms with Gasteiger partial charge in [0.25, 0.3) is 0 Å². The number of methoxy groups -OCH3 is 1. The maximum Gasteiger partial charge on any atom is 0.350 e. The molecule has 0 aliphatic carbocycles. The van der Waals surface area contributed by atoms with Gasteiger partial charge in [-0.3, -0.25) is 14.5 Å². The lowest BCUT2D eigenvalue weighted by molar-refractivity contribution is -0.117. The highest BCUT2D eigenvalue weighted by Crippen LogP contribution is 2.24. The zero-order valence-electron chi connectivity index (χ0n) is 16.2. The van der Waals surface area contributed by atoms with Crippen molar-refractivity contribution in [2.24, 2.45) is 0 Å². The van der Waals surface area contributed by atoms with Crippen molar-refractivity contribution in [1.29, 1.82) is 0 Å². The number of amides is 1. The molecule has 2 aromatic rings. The predicted octanol–water partition coefficient (Wildman–Crippen LogP) is 2.64. The average Bonchev–Trinajstić information content (AvgIpc) is 3.16. The molecule has 0 atom stereocenters. The molecule has 154 valence electrons. The van der Waals surface area contributed by atoms with Crippen molar-refractivity contribution in [1.82, 2.24) is 4.90 Å². The Kier molecular flexibility index (Phi) is 6.60. The molecule has 0 radical (unpaired) electrons. The third kappa shape index (κ3) is 4.99. The van der Waals surface area contributed by atoms with Crippen LogP contribution in [0, 0.1) is 5.82 Å².